The molecule has 4 rings (SSSR count). The smallest absolute Gasteiger partial charge is 0.321 e. The molecule has 0 saturated carbocycles. The molecule has 0 radical (unpaired) electrons. The average Bonchev–Trinajstić information content (AvgIpc) is 3.36. The second-order valence-electron chi connectivity index (χ2n) is 6.47. The minimum atomic E-state index is -0.123. The van der Waals surface area contributed by atoms with E-state index in [1.54, 1.807) is 20.3 Å². The van der Waals surface area contributed by atoms with E-state index in [4.69, 9.17) is 9.47 Å². The van der Waals surface area contributed by atoms with E-state index in [0.29, 0.717) is 30.0 Å². The Kier molecular flexibility index (Phi) is 4.53. The van der Waals surface area contributed by atoms with E-state index in [1.165, 1.54) is 0 Å². The highest BCUT2D eigenvalue weighted by molar-refractivity contribution is 5.92. The Bertz CT molecular complexity index is 971. The predicted octanol–water partition coefficient (Wildman–Crippen LogP) is 3.00. The highest BCUT2D eigenvalue weighted by Crippen LogP contribution is 2.39. The SMILES string of the molecule is COc1cccc(C2CCN(C(=O)Nc3ccc4n[nH]nc4c3)C2)c1OC. The summed E-state index contributed by atoms with van der Waals surface area (Å²) in [5.41, 5.74) is 3.24. The zero-order valence-electron chi connectivity index (χ0n) is 15.2. The molecule has 0 aliphatic carbocycles. The zero-order chi connectivity index (χ0) is 18.8. The maximum absolute atomic E-state index is 12.7. The predicted molar refractivity (Wildman–Crippen MR) is 101 cm³/mol. The van der Waals surface area contributed by atoms with Crippen LogP contribution in [-0.2, 0) is 0 Å². The van der Waals surface area contributed by atoms with Crippen LogP contribution in [0.3, 0.4) is 0 Å². The van der Waals surface area contributed by atoms with E-state index in [1.807, 2.05) is 35.2 Å². The third-order valence-electron chi connectivity index (χ3n) is 4.92. The lowest BCUT2D eigenvalue weighted by Gasteiger charge is -2.19. The highest BCUT2D eigenvalue weighted by Gasteiger charge is 2.30. The molecular weight excluding hydrogens is 346 g/mol. The molecule has 1 aliphatic rings. The Hall–Kier alpha value is -3.29. The number of ether oxygens (including phenoxy) is 2. The maximum Gasteiger partial charge on any atom is 0.321 e. The summed E-state index contributed by atoms with van der Waals surface area (Å²) in [7, 11) is 3.27. The van der Waals surface area contributed by atoms with Gasteiger partial charge < -0.3 is 19.7 Å². The number of methoxy groups -OCH3 is 2. The van der Waals surface area contributed by atoms with Crippen molar-refractivity contribution < 1.29 is 14.3 Å². The van der Waals surface area contributed by atoms with Crippen molar-refractivity contribution in [3.63, 3.8) is 0 Å². The first-order valence-electron chi connectivity index (χ1n) is 8.77. The summed E-state index contributed by atoms with van der Waals surface area (Å²) in [4.78, 5) is 14.5. The normalized spacial score (nSPS) is 16.5. The lowest BCUT2D eigenvalue weighted by molar-refractivity contribution is 0.222. The van der Waals surface area contributed by atoms with Crippen molar-refractivity contribution in [3.8, 4) is 11.5 Å². The van der Waals surface area contributed by atoms with E-state index in [0.717, 1.165) is 23.3 Å². The minimum absolute atomic E-state index is 0.123. The van der Waals surface area contributed by atoms with E-state index in [2.05, 4.69) is 20.7 Å². The number of urea groups is 1. The standard InChI is InChI=1S/C19H21N5O3/c1-26-17-5-3-4-14(18(17)27-2)12-8-9-24(11-12)19(25)20-13-6-7-15-16(10-13)22-23-21-15/h3-7,10,12H,8-9,11H2,1-2H3,(H,20,25)(H,21,22,23). The van der Waals surface area contributed by atoms with E-state index < -0.39 is 0 Å². The van der Waals surface area contributed by atoms with Crippen molar-refractivity contribution >= 4 is 22.8 Å². The van der Waals surface area contributed by atoms with Crippen molar-refractivity contribution in [2.24, 2.45) is 0 Å². The second kappa shape index (κ2) is 7.14. The number of likely N-dealkylation sites (tertiary alicyclic amines) is 1. The number of rotatable bonds is 4. The average molecular weight is 367 g/mol. The third-order valence-corrected chi connectivity index (χ3v) is 4.92. The number of amides is 2. The van der Waals surface area contributed by atoms with E-state index in [-0.39, 0.29) is 11.9 Å². The number of H-pyrrole nitrogens is 1. The van der Waals surface area contributed by atoms with Gasteiger partial charge in [-0.05, 0) is 30.7 Å². The van der Waals surface area contributed by atoms with Crippen LogP contribution in [0.1, 0.15) is 17.9 Å². The van der Waals surface area contributed by atoms with E-state index in [9.17, 15) is 4.79 Å². The molecule has 0 spiro atoms. The van der Waals surface area contributed by atoms with Gasteiger partial charge in [-0.1, -0.05) is 12.1 Å². The monoisotopic (exact) mass is 367 g/mol. The zero-order valence-corrected chi connectivity index (χ0v) is 15.2. The van der Waals surface area contributed by atoms with Crippen LogP contribution in [0.2, 0.25) is 0 Å². The molecule has 2 amide bonds. The first-order valence-corrected chi connectivity index (χ1v) is 8.77. The van der Waals surface area contributed by atoms with Crippen LogP contribution < -0.4 is 14.8 Å². The van der Waals surface area contributed by atoms with Gasteiger partial charge in [-0.2, -0.15) is 15.4 Å². The molecule has 1 saturated heterocycles. The second-order valence-corrected chi connectivity index (χ2v) is 6.47. The molecule has 1 fully saturated rings. The molecule has 0 bridgehead atoms. The van der Waals surface area contributed by atoms with Gasteiger partial charge in [0.1, 0.15) is 11.0 Å². The maximum atomic E-state index is 12.7. The third kappa shape index (κ3) is 3.25. The summed E-state index contributed by atoms with van der Waals surface area (Å²) >= 11 is 0. The number of carbonyl (C=O) groups is 1. The van der Waals surface area contributed by atoms with Crippen LogP contribution in [0.5, 0.6) is 11.5 Å². The molecule has 3 aromatic rings. The first kappa shape index (κ1) is 17.1. The molecule has 27 heavy (non-hydrogen) atoms. The van der Waals surface area contributed by atoms with Crippen molar-refractivity contribution in [2.75, 3.05) is 32.6 Å². The van der Waals surface area contributed by atoms with Gasteiger partial charge in [0.15, 0.2) is 11.5 Å². The van der Waals surface area contributed by atoms with Crippen LogP contribution in [0.25, 0.3) is 11.0 Å². The Labute approximate surface area is 156 Å². The highest BCUT2D eigenvalue weighted by atomic mass is 16.5. The molecular formula is C19H21N5O3. The van der Waals surface area contributed by atoms with Crippen LogP contribution in [0, 0.1) is 0 Å². The van der Waals surface area contributed by atoms with Gasteiger partial charge in [0, 0.05) is 30.3 Å². The number of fused-ring (bicyclic) bond motifs is 1. The topological polar surface area (TPSA) is 92.4 Å². The molecule has 1 aromatic heterocycles. The van der Waals surface area contributed by atoms with Gasteiger partial charge in [-0.25, -0.2) is 4.79 Å². The Balaban J connectivity index is 1.47. The molecule has 1 aliphatic heterocycles. The number of para-hydroxylation sites is 1. The summed E-state index contributed by atoms with van der Waals surface area (Å²) in [6.45, 7) is 1.31. The quantitative estimate of drug-likeness (QED) is 0.739. The number of hydrogen-bond donors (Lipinski definition) is 2. The molecule has 8 heteroatoms. The van der Waals surface area contributed by atoms with E-state index >= 15 is 0 Å². The number of nitrogens with one attached hydrogen (secondary N) is 2. The molecule has 2 N–H and O–H groups in total. The fraction of sp³-hybridized carbons (Fsp3) is 0.316. The van der Waals surface area contributed by atoms with Gasteiger partial charge in [0.05, 0.1) is 14.2 Å². The van der Waals surface area contributed by atoms with Gasteiger partial charge in [0.2, 0.25) is 0 Å². The van der Waals surface area contributed by atoms with Gasteiger partial charge in [0.25, 0.3) is 0 Å². The largest absolute Gasteiger partial charge is 0.493 e. The number of carbonyl (C=O) groups excluding carboxylic acids is 1. The van der Waals surface area contributed by atoms with Crippen LogP contribution in [-0.4, -0.2) is 53.7 Å². The van der Waals surface area contributed by atoms with Crippen LogP contribution in [0.4, 0.5) is 10.5 Å². The fourth-order valence-corrected chi connectivity index (χ4v) is 3.55. The van der Waals surface area contributed by atoms with Gasteiger partial charge in [-0.15, -0.1) is 0 Å². The van der Waals surface area contributed by atoms with Gasteiger partial charge in [-0.3, -0.25) is 0 Å². The van der Waals surface area contributed by atoms with Crippen molar-refractivity contribution in [2.45, 2.75) is 12.3 Å². The molecule has 8 nitrogen and oxygen atoms in total. The number of hydrogen-bond acceptors (Lipinski definition) is 5. The number of aromatic amines is 1. The number of nitrogens with zero attached hydrogens (tertiary/aromatic N) is 3. The van der Waals surface area contributed by atoms with Crippen LogP contribution >= 0.6 is 0 Å². The minimum Gasteiger partial charge on any atom is -0.493 e. The Morgan fingerprint density at radius 2 is 2.04 bits per heavy atom. The fourth-order valence-electron chi connectivity index (χ4n) is 3.55. The summed E-state index contributed by atoms with van der Waals surface area (Å²) in [6.07, 6.45) is 0.874. The first-order chi connectivity index (χ1) is 13.2. The Morgan fingerprint density at radius 3 is 2.85 bits per heavy atom. The number of aromatic nitrogens is 3. The molecule has 2 aromatic carbocycles. The van der Waals surface area contributed by atoms with Crippen molar-refractivity contribution in [3.05, 3.63) is 42.0 Å². The summed E-state index contributed by atoms with van der Waals surface area (Å²) in [5, 5.41) is 13.6. The van der Waals surface area contributed by atoms with Crippen molar-refractivity contribution in [1.29, 1.82) is 0 Å². The summed E-state index contributed by atoms with van der Waals surface area (Å²) < 4.78 is 10.9. The van der Waals surface area contributed by atoms with Crippen molar-refractivity contribution in [1.82, 2.24) is 20.3 Å². The molecule has 1 unspecified atom stereocenters. The lowest BCUT2D eigenvalue weighted by atomic mass is 9.97. The lowest BCUT2D eigenvalue weighted by Crippen LogP contribution is -2.32. The summed E-state index contributed by atoms with van der Waals surface area (Å²) in [6, 6.07) is 11.2. The molecule has 1 atom stereocenters. The summed E-state index contributed by atoms with van der Waals surface area (Å²) in [5.74, 6) is 1.65. The number of anilines is 1. The van der Waals surface area contributed by atoms with Gasteiger partial charge >= 0.3 is 6.03 Å². The van der Waals surface area contributed by atoms with Crippen LogP contribution in [0.15, 0.2) is 36.4 Å². The molecule has 2 heterocycles. The number of benzene rings is 2. The molecule has 140 valence electrons. The Morgan fingerprint density at radius 1 is 1.19 bits per heavy atom.